The Bertz CT molecular complexity index is 1060. The molecule has 0 radical (unpaired) electrons. The molecule has 122 valence electrons. The summed E-state index contributed by atoms with van der Waals surface area (Å²) in [7, 11) is 0. The number of aryl methyl sites for hydroxylation is 1. The van der Waals surface area contributed by atoms with Crippen LogP contribution in [-0.2, 0) is 0 Å². The number of thiazole rings is 1. The van der Waals surface area contributed by atoms with Crippen LogP contribution in [0, 0.1) is 6.92 Å². The normalized spacial score (nSPS) is 11.4. The van der Waals surface area contributed by atoms with Crippen molar-refractivity contribution in [3.63, 3.8) is 0 Å². The Hall–Kier alpha value is -2.91. The zero-order valence-corrected chi connectivity index (χ0v) is 14.8. The largest absolute Gasteiger partial charge is 0.399 e. The highest BCUT2D eigenvalue weighted by Crippen LogP contribution is 2.31. The van der Waals surface area contributed by atoms with Crippen molar-refractivity contribution >= 4 is 39.4 Å². The second-order valence-electron chi connectivity index (χ2n) is 6.12. The highest BCUT2D eigenvalue weighted by Gasteiger charge is 2.06. The number of hydrogen-bond donors (Lipinski definition) is 1. The first-order valence-corrected chi connectivity index (χ1v) is 9.00. The first kappa shape index (κ1) is 15.6. The maximum Gasteiger partial charge on any atom is 0.124 e. The van der Waals surface area contributed by atoms with Gasteiger partial charge >= 0.3 is 0 Å². The second-order valence-corrected chi connectivity index (χ2v) is 7.15. The van der Waals surface area contributed by atoms with Crippen LogP contribution in [0.5, 0.6) is 0 Å². The van der Waals surface area contributed by atoms with E-state index in [9.17, 15) is 0 Å². The Balaban J connectivity index is 1.58. The first-order valence-electron chi connectivity index (χ1n) is 8.19. The summed E-state index contributed by atoms with van der Waals surface area (Å²) >= 11 is 1.74. The maximum absolute atomic E-state index is 5.81. The number of hydrogen-bond acceptors (Lipinski definition) is 3. The standard InChI is InChI=1S/C22H18N2S/c1-15-5-12-20-21(13-15)25-22(24-20)18-10-8-16(9-11-18)6-7-17-3-2-4-19(23)14-17/h2-14H,23H2,1H3. The van der Waals surface area contributed by atoms with Crippen LogP contribution >= 0.6 is 11.3 Å². The van der Waals surface area contributed by atoms with Crippen LogP contribution in [0.2, 0.25) is 0 Å². The molecule has 4 aromatic rings. The van der Waals surface area contributed by atoms with E-state index >= 15 is 0 Å². The van der Waals surface area contributed by atoms with Gasteiger partial charge < -0.3 is 5.73 Å². The predicted octanol–water partition coefficient (Wildman–Crippen LogP) is 6.02. The van der Waals surface area contributed by atoms with E-state index < -0.39 is 0 Å². The van der Waals surface area contributed by atoms with Gasteiger partial charge in [-0.15, -0.1) is 11.3 Å². The summed E-state index contributed by atoms with van der Waals surface area (Å²) in [6.07, 6.45) is 4.17. The van der Waals surface area contributed by atoms with Gasteiger partial charge in [0, 0.05) is 11.3 Å². The van der Waals surface area contributed by atoms with E-state index in [4.69, 9.17) is 10.7 Å². The first-order chi connectivity index (χ1) is 12.2. The van der Waals surface area contributed by atoms with E-state index in [1.807, 2.05) is 24.3 Å². The molecule has 1 heterocycles. The Morgan fingerprint density at radius 2 is 1.68 bits per heavy atom. The van der Waals surface area contributed by atoms with E-state index in [1.54, 1.807) is 11.3 Å². The number of anilines is 1. The van der Waals surface area contributed by atoms with Crippen LogP contribution in [-0.4, -0.2) is 4.98 Å². The molecule has 0 aliphatic heterocycles. The van der Waals surface area contributed by atoms with Gasteiger partial charge in [-0.25, -0.2) is 4.98 Å². The van der Waals surface area contributed by atoms with Gasteiger partial charge in [0.15, 0.2) is 0 Å². The van der Waals surface area contributed by atoms with E-state index in [0.29, 0.717) is 0 Å². The van der Waals surface area contributed by atoms with E-state index in [0.717, 1.165) is 32.9 Å². The fourth-order valence-electron chi connectivity index (χ4n) is 2.75. The molecule has 25 heavy (non-hydrogen) atoms. The molecule has 0 aliphatic carbocycles. The van der Waals surface area contributed by atoms with Crippen LogP contribution in [0.1, 0.15) is 16.7 Å². The fraction of sp³-hybridized carbons (Fsp3) is 0.0455. The molecule has 2 N–H and O–H groups in total. The molecule has 0 saturated heterocycles. The van der Waals surface area contributed by atoms with Crippen molar-refractivity contribution in [3.8, 4) is 10.6 Å². The van der Waals surface area contributed by atoms with Crippen molar-refractivity contribution in [3.05, 3.63) is 83.4 Å². The monoisotopic (exact) mass is 342 g/mol. The van der Waals surface area contributed by atoms with E-state index in [1.165, 1.54) is 10.3 Å². The lowest BCUT2D eigenvalue weighted by atomic mass is 10.1. The van der Waals surface area contributed by atoms with Gasteiger partial charge in [0.05, 0.1) is 10.2 Å². The van der Waals surface area contributed by atoms with Crippen LogP contribution in [0.15, 0.2) is 66.7 Å². The smallest absolute Gasteiger partial charge is 0.124 e. The zero-order chi connectivity index (χ0) is 17.2. The Morgan fingerprint density at radius 1 is 0.880 bits per heavy atom. The molecule has 4 rings (SSSR count). The molecule has 0 spiro atoms. The quantitative estimate of drug-likeness (QED) is 0.365. The van der Waals surface area contributed by atoms with Crippen molar-refractivity contribution < 1.29 is 0 Å². The summed E-state index contributed by atoms with van der Waals surface area (Å²) < 4.78 is 1.24. The predicted molar refractivity (Wildman–Crippen MR) is 110 cm³/mol. The van der Waals surface area contributed by atoms with Crippen molar-refractivity contribution in [2.24, 2.45) is 0 Å². The van der Waals surface area contributed by atoms with Gasteiger partial charge in [-0.3, -0.25) is 0 Å². The fourth-order valence-corrected chi connectivity index (χ4v) is 3.82. The minimum absolute atomic E-state index is 0.781. The number of nitrogens with two attached hydrogens (primary N) is 1. The molecule has 0 aliphatic rings. The summed E-state index contributed by atoms with van der Waals surface area (Å²) in [5, 5.41) is 1.06. The second kappa shape index (κ2) is 6.54. The van der Waals surface area contributed by atoms with Gasteiger partial charge in [0.25, 0.3) is 0 Å². The summed E-state index contributed by atoms with van der Waals surface area (Å²) in [6, 6.07) is 22.8. The molecule has 0 unspecified atom stereocenters. The molecule has 0 saturated carbocycles. The van der Waals surface area contributed by atoms with Crippen molar-refractivity contribution in [1.82, 2.24) is 4.98 Å². The summed E-state index contributed by atoms with van der Waals surface area (Å²) in [5.74, 6) is 0. The Kier molecular flexibility index (Phi) is 4.08. The topological polar surface area (TPSA) is 38.9 Å². The molecule has 3 heteroatoms. The Labute approximate surface area is 151 Å². The lowest BCUT2D eigenvalue weighted by Crippen LogP contribution is -1.83. The number of nitrogen functional groups attached to an aromatic ring is 1. The average molecular weight is 342 g/mol. The molecular formula is C22H18N2S. The van der Waals surface area contributed by atoms with Gasteiger partial charge in [0.1, 0.15) is 5.01 Å². The third kappa shape index (κ3) is 3.47. The molecular weight excluding hydrogens is 324 g/mol. The summed E-state index contributed by atoms with van der Waals surface area (Å²) in [4.78, 5) is 4.74. The minimum Gasteiger partial charge on any atom is -0.399 e. The number of fused-ring (bicyclic) bond motifs is 1. The molecule has 0 bridgehead atoms. The maximum atomic E-state index is 5.81. The van der Waals surface area contributed by atoms with Gasteiger partial charge in [-0.1, -0.05) is 54.6 Å². The molecule has 0 atom stereocenters. The lowest BCUT2D eigenvalue weighted by Gasteiger charge is -1.99. The number of aromatic nitrogens is 1. The summed E-state index contributed by atoms with van der Waals surface area (Å²) in [6.45, 7) is 2.11. The van der Waals surface area contributed by atoms with Crippen LogP contribution < -0.4 is 5.73 Å². The molecule has 0 amide bonds. The molecule has 3 aromatic carbocycles. The van der Waals surface area contributed by atoms with Gasteiger partial charge in [0.2, 0.25) is 0 Å². The van der Waals surface area contributed by atoms with E-state index in [-0.39, 0.29) is 0 Å². The average Bonchev–Trinajstić information content (AvgIpc) is 3.03. The Morgan fingerprint density at radius 3 is 2.48 bits per heavy atom. The third-order valence-electron chi connectivity index (χ3n) is 4.08. The van der Waals surface area contributed by atoms with E-state index in [2.05, 4.69) is 61.5 Å². The van der Waals surface area contributed by atoms with Crippen LogP contribution in [0.4, 0.5) is 5.69 Å². The number of rotatable bonds is 3. The lowest BCUT2D eigenvalue weighted by molar-refractivity contribution is 1.45. The molecule has 0 fully saturated rings. The van der Waals surface area contributed by atoms with Crippen molar-refractivity contribution in [1.29, 1.82) is 0 Å². The highest BCUT2D eigenvalue weighted by molar-refractivity contribution is 7.21. The third-order valence-corrected chi connectivity index (χ3v) is 5.15. The van der Waals surface area contributed by atoms with Crippen molar-refractivity contribution in [2.45, 2.75) is 6.92 Å². The number of benzene rings is 3. The summed E-state index contributed by atoms with van der Waals surface area (Å²) in [5.41, 5.74) is 12.3. The minimum atomic E-state index is 0.781. The van der Waals surface area contributed by atoms with Gasteiger partial charge in [-0.2, -0.15) is 0 Å². The van der Waals surface area contributed by atoms with Crippen LogP contribution in [0.25, 0.3) is 32.9 Å². The number of nitrogens with zero attached hydrogens (tertiary/aromatic N) is 1. The SMILES string of the molecule is Cc1ccc2nc(-c3ccc(C=Cc4cccc(N)c4)cc3)sc2c1. The highest BCUT2D eigenvalue weighted by atomic mass is 32.1. The zero-order valence-electron chi connectivity index (χ0n) is 13.9. The molecule has 1 aromatic heterocycles. The van der Waals surface area contributed by atoms with Gasteiger partial charge in [-0.05, 0) is 47.9 Å². The molecule has 2 nitrogen and oxygen atoms in total. The van der Waals surface area contributed by atoms with Crippen LogP contribution in [0.3, 0.4) is 0 Å². The van der Waals surface area contributed by atoms with Crippen molar-refractivity contribution in [2.75, 3.05) is 5.73 Å².